The fourth-order valence-electron chi connectivity index (χ4n) is 2.20. The lowest BCUT2D eigenvalue weighted by Crippen LogP contribution is -2.50. The first kappa shape index (κ1) is 12.7. The quantitative estimate of drug-likeness (QED) is 0.873. The van der Waals surface area contributed by atoms with Gasteiger partial charge in [0.15, 0.2) is 0 Å². The van der Waals surface area contributed by atoms with Crippen LogP contribution in [0.4, 0.5) is 5.13 Å². The van der Waals surface area contributed by atoms with E-state index in [1.54, 1.807) is 11.3 Å². The number of nitrogens with one attached hydrogen (secondary N) is 1. The summed E-state index contributed by atoms with van der Waals surface area (Å²) in [5, 5.41) is 13.3. The molecule has 0 saturated carbocycles. The predicted molar refractivity (Wildman–Crippen MR) is 71.4 cm³/mol. The number of piperazine rings is 1. The van der Waals surface area contributed by atoms with Crippen LogP contribution >= 0.6 is 11.3 Å². The Kier molecular flexibility index (Phi) is 4.31. The maximum Gasteiger partial charge on any atom is 0.205 e. The van der Waals surface area contributed by atoms with Gasteiger partial charge in [0, 0.05) is 32.7 Å². The van der Waals surface area contributed by atoms with Crippen molar-refractivity contribution in [3.63, 3.8) is 0 Å². The summed E-state index contributed by atoms with van der Waals surface area (Å²) < 4.78 is 0. The highest BCUT2D eigenvalue weighted by Gasteiger charge is 2.23. The van der Waals surface area contributed by atoms with E-state index in [0.717, 1.165) is 36.3 Å². The number of hydrogen-bond donors (Lipinski definition) is 1. The van der Waals surface area contributed by atoms with Gasteiger partial charge >= 0.3 is 0 Å². The lowest BCUT2D eigenvalue weighted by molar-refractivity contribution is 0.0882. The molecule has 1 saturated heterocycles. The van der Waals surface area contributed by atoms with Crippen LogP contribution < -0.4 is 5.32 Å². The van der Waals surface area contributed by atoms with Gasteiger partial charge in [-0.05, 0) is 13.5 Å². The summed E-state index contributed by atoms with van der Waals surface area (Å²) >= 11 is 1.65. The zero-order chi connectivity index (χ0) is 12.3. The monoisotopic (exact) mass is 255 g/mol. The summed E-state index contributed by atoms with van der Waals surface area (Å²) in [6.45, 7) is 6.61. The Morgan fingerprint density at radius 2 is 2.24 bits per heavy atom. The van der Waals surface area contributed by atoms with Gasteiger partial charge in [-0.1, -0.05) is 18.3 Å². The molecule has 5 nitrogen and oxygen atoms in total. The van der Waals surface area contributed by atoms with Crippen LogP contribution in [0.5, 0.6) is 0 Å². The van der Waals surface area contributed by atoms with E-state index in [-0.39, 0.29) is 0 Å². The van der Waals surface area contributed by atoms with E-state index in [0.29, 0.717) is 6.04 Å². The van der Waals surface area contributed by atoms with Gasteiger partial charge in [-0.15, -0.1) is 10.2 Å². The molecule has 2 rings (SSSR count). The molecule has 1 atom stereocenters. The third kappa shape index (κ3) is 3.14. The van der Waals surface area contributed by atoms with Crippen molar-refractivity contribution in [3.8, 4) is 0 Å². The zero-order valence-electron chi connectivity index (χ0n) is 10.8. The number of hydrogen-bond acceptors (Lipinski definition) is 6. The van der Waals surface area contributed by atoms with Gasteiger partial charge in [-0.3, -0.25) is 4.90 Å². The van der Waals surface area contributed by atoms with Gasteiger partial charge < -0.3 is 10.2 Å². The number of likely N-dealkylation sites (N-methyl/N-ethyl adjacent to an activating group) is 1. The fraction of sp³-hybridized carbons (Fsp3) is 0.818. The van der Waals surface area contributed by atoms with Crippen LogP contribution in [0.3, 0.4) is 0 Å². The normalized spacial score (nSPS) is 22.9. The predicted octanol–water partition coefficient (Wildman–Crippen LogP) is 1.11. The van der Waals surface area contributed by atoms with Gasteiger partial charge in [0.2, 0.25) is 5.13 Å². The minimum Gasteiger partial charge on any atom is -0.363 e. The summed E-state index contributed by atoms with van der Waals surface area (Å²) in [6, 6.07) is 0.681. The molecule has 0 aromatic carbocycles. The van der Waals surface area contributed by atoms with Crippen LogP contribution in [-0.2, 0) is 6.54 Å². The van der Waals surface area contributed by atoms with Crippen molar-refractivity contribution < 1.29 is 0 Å². The summed E-state index contributed by atoms with van der Waals surface area (Å²) in [6.07, 6.45) is 1.21. The van der Waals surface area contributed by atoms with Crippen molar-refractivity contribution in [1.29, 1.82) is 0 Å². The standard InChI is InChI=1S/C11H21N5S/c1-4-9-7-16(6-5-15(9)3)8-10-13-14-11(12-2)17-10/h9H,4-8H2,1-3H3,(H,12,14). The molecular formula is C11H21N5S. The Labute approximate surface area is 107 Å². The molecule has 1 aliphatic rings. The highest BCUT2D eigenvalue weighted by atomic mass is 32.1. The van der Waals surface area contributed by atoms with Crippen molar-refractivity contribution in [2.45, 2.75) is 25.9 Å². The number of nitrogens with zero attached hydrogens (tertiary/aromatic N) is 4. The summed E-state index contributed by atoms with van der Waals surface area (Å²) in [4.78, 5) is 4.93. The third-order valence-corrected chi connectivity index (χ3v) is 4.30. The number of anilines is 1. The van der Waals surface area contributed by atoms with Gasteiger partial charge in [0.1, 0.15) is 5.01 Å². The minimum absolute atomic E-state index is 0.681. The molecule has 0 bridgehead atoms. The van der Waals surface area contributed by atoms with E-state index in [1.165, 1.54) is 6.42 Å². The van der Waals surface area contributed by atoms with Crippen molar-refractivity contribution in [1.82, 2.24) is 20.0 Å². The Morgan fingerprint density at radius 3 is 2.88 bits per heavy atom. The van der Waals surface area contributed by atoms with Crippen LogP contribution in [-0.4, -0.2) is 59.8 Å². The topological polar surface area (TPSA) is 44.3 Å². The van der Waals surface area contributed by atoms with Crippen LogP contribution in [0.2, 0.25) is 0 Å². The first-order valence-electron chi connectivity index (χ1n) is 6.15. The average molecular weight is 255 g/mol. The highest BCUT2D eigenvalue weighted by molar-refractivity contribution is 7.15. The zero-order valence-corrected chi connectivity index (χ0v) is 11.6. The molecule has 1 fully saturated rings. The van der Waals surface area contributed by atoms with Gasteiger partial charge in [0.25, 0.3) is 0 Å². The average Bonchev–Trinajstić information content (AvgIpc) is 2.79. The summed E-state index contributed by atoms with van der Waals surface area (Å²) in [7, 11) is 4.10. The molecule has 1 N–H and O–H groups in total. The molecule has 0 radical (unpaired) electrons. The van der Waals surface area contributed by atoms with Crippen molar-refractivity contribution in [3.05, 3.63) is 5.01 Å². The Hall–Kier alpha value is -0.720. The molecule has 96 valence electrons. The SMILES string of the molecule is CCC1CN(Cc2nnc(NC)s2)CCN1C. The van der Waals surface area contributed by atoms with E-state index in [2.05, 4.69) is 39.3 Å². The van der Waals surface area contributed by atoms with E-state index < -0.39 is 0 Å². The Balaban J connectivity index is 1.90. The second-order valence-electron chi connectivity index (χ2n) is 4.53. The highest BCUT2D eigenvalue weighted by Crippen LogP contribution is 2.18. The Morgan fingerprint density at radius 1 is 1.41 bits per heavy atom. The van der Waals surface area contributed by atoms with Crippen LogP contribution in [0.25, 0.3) is 0 Å². The molecule has 1 aliphatic heterocycles. The number of aromatic nitrogens is 2. The molecule has 1 aromatic rings. The molecule has 0 spiro atoms. The third-order valence-electron chi connectivity index (χ3n) is 3.37. The van der Waals surface area contributed by atoms with Gasteiger partial charge in [0.05, 0.1) is 6.54 Å². The van der Waals surface area contributed by atoms with Gasteiger partial charge in [-0.2, -0.15) is 0 Å². The fourth-order valence-corrected chi connectivity index (χ4v) is 2.94. The first-order chi connectivity index (χ1) is 8.22. The van der Waals surface area contributed by atoms with Gasteiger partial charge in [-0.25, -0.2) is 0 Å². The summed E-state index contributed by atoms with van der Waals surface area (Å²) in [5.74, 6) is 0. The largest absolute Gasteiger partial charge is 0.363 e. The van der Waals surface area contributed by atoms with E-state index in [1.807, 2.05) is 7.05 Å². The molecule has 17 heavy (non-hydrogen) atoms. The second-order valence-corrected chi connectivity index (χ2v) is 5.59. The molecule has 1 aromatic heterocycles. The Bertz CT molecular complexity index is 353. The molecule has 1 unspecified atom stereocenters. The molecular weight excluding hydrogens is 234 g/mol. The van der Waals surface area contributed by atoms with Crippen LogP contribution in [0.1, 0.15) is 18.4 Å². The van der Waals surface area contributed by atoms with E-state index in [4.69, 9.17) is 0 Å². The lowest BCUT2D eigenvalue weighted by Gasteiger charge is -2.38. The van der Waals surface area contributed by atoms with Crippen molar-refractivity contribution in [2.24, 2.45) is 0 Å². The summed E-state index contributed by atoms with van der Waals surface area (Å²) in [5.41, 5.74) is 0. The maximum atomic E-state index is 4.20. The molecule has 0 amide bonds. The van der Waals surface area contributed by atoms with Crippen LogP contribution in [0.15, 0.2) is 0 Å². The second kappa shape index (κ2) is 5.75. The molecule has 0 aliphatic carbocycles. The maximum absolute atomic E-state index is 4.20. The smallest absolute Gasteiger partial charge is 0.205 e. The van der Waals surface area contributed by atoms with Crippen molar-refractivity contribution >= 4 is 16.5 Å². The molecule has 6 heteroatoms. The van der Waals surface area contributed by atoms with Crippen LogP contribution in [0, 0.1) is 0 Å². The lowest BCUT2D eigenvalue weighted by atomic mass is 10.1. The molecule has 2 heterocycles. The van der Waals surface area contributed by atoms with Crippen molar-refractivity contribution in [2.75, 3.05) is 39.0 Å². The van der Waals surface area contributed by atoms with E-state index >= 15 is 0 Å². The minimum atomic E-state index is 0.681. The first-order valence-corrected chi connectivity index (χ1v) is 6.97. The number of rotatable bonds is 4. The van der Waals surface area contributed by atoms with E-state index in [9.17, 15) is 0 Å².